The van der Waals surface area contributed by atoms with Gasteiger partial charge in [-0.25, -0.2) is 0 Å². The summed E-state index contributed by atoms with van der Waals surface area (Å²) in [6.45, 7) is 5.01. The van der Waals surface area contributed by atoms with Gasteiger partial charge in [-0.15, -0.1) is 0 Å². The van der Waals surface area contributed by atoms with Gasteiger partial charge in [0.1, 0.15) is 0 Å². The molecule has 4 aromatic carbocycles. The van der Waals surface area contributed by atoms with E-state index in [1.54, 1.807) is 0 Å². The van der Waals surface area contributed by atoms with Gasteiger partial charge in [-0.2, -0.15) is 0 Å². The van der Waals surface area contributed by atoms with Crippen LogP contribution >= 0.6 is 0 Å². The van der Waals surface area contributed by atoms with Crippen molar-refractivity contribution in [2.45, 2.75) is 58.0 Å². The van der Waals surface area contributed by atoms with Crippen LogP contribution in [0.2, 0.25) is 0 Å². The number of carbonyl (C=O) groups is 1. The van der Waals surface area contributed by atoms with E-state index in [-0.39, 0.29) is 30.8 Å². The van der Waals surface area contributed by atoms with Crippen LogP contribution in [0.15, 0.2) is 91.0 Å². The largest absolute Gasteiger partial charge is 0.392 e. The van der Waals surface area contributed by atoms with Crippen molar-refractivity contribution in [2.24, 2.45) is 0 Å². The van der Waals surface area contributed by atoms with Crippen LogP contribution in [0.25, 0.3) is 10.8 Å². The maximum absolute atomic E-state index is 11.3. The predicted octanol–water partition coefficient (Wildman–Crippen LogP) is 6.21. The number of ether oxygens (including phenoxy) is 2. The number of carbonyl (C=O) groups excluding carboxylic acids is 1. The van der Waals surface area contributed by atoms with Crippen LogP contribution in [0.4, 0.5) is 0 Å². The van der Waals surface area contributed by atoms with Crippen LogP contribution < -0.4 is 5.32 Å². The topological polar surface area (TPSA) is 71.0 Å². The normalized spacial score (nSPS) is 20.0. The summed E-state index contributed by atoms with van der Waals surface area (Å²) in [6.07, 6.45) is 0.0262. The van der Waals surface area contributed by atoms with Crippen molar-refractivity contribution in [3.05, 3.63) is 119 Å². The SMILES string of the molecule is CC(=O)NCc1ccc([C@H]2O[C@@H](CN(C)[C@H](C)c3ccc4ccccc4c3)C[C@@H](c3ccc(CO)cc3)O2)cc1. The minimum absolute atomic E-state index is 0.0163. The fourth-order valence-corrected chi connectivity index (χ4v) is 5.25. The molecule has 4 atom stereocenters. The summed E-state index contributed by atoms with van der Waals surface area (Å²) in [7, 11) is 2.15. The zero-order valence-corrected chi connectivity index (χ0v) is 23.4. The number of nitrogens with zero attached hydrogens (tertiary/aromatic N) is 1. The summed E-state index contributed by atoms with van der Waals surface area (Å²) in [6, 6.07) is 31.3. The van der Waals surface area contributed by atoms with E-state index in [4.69, 9.17) is 9.47 Å². The molecule has 0 unspecified atom stereocenters. The molecule has 2 N–H and O–H groups in total. The Kier molecular flexibility index (Phi) is 8.92. The lowest BCUT2D eigenvalue weighted by atomic mass is 9.98. The van der Waals surface area contributed by atoms with E-state index in [0.717, 1.165) is 35.2 Å². The number of benzene rings is 4. The quantitative estimate of drug-likeness (QED) is 0.265. The maximum Gasteiger partial charge on any atom is 0.217 e. The van der Waals surface area contributed by atoms with Crippen molar-refractivity contribution >= 4 is 16.7 Å². The highest BCUT2D eigenvalue weighted by molar-refractivity contribution is 5.83. The molecule has 0 radical (unpaired) electrons. The lowest BCUT2D eigenvalue weighted by Gasteiger charge is -2.39. The Morgan fingerprint density at radius 1 is 0.925 bits per heavy atom. The van der Waals surface area contributed by atoms with Crippen LogP contribution in [0.1, 0.15) is 66.5 Å². The fourth-order valence-electron chi connectivity index (χ4n) is 5.25. The van der Waals surface area contributed by atoms with Crippen LogP contribution in [0.5, 0.6) is 0 Å². The highest BCUT2D eigenvalue weighted by Crippen LogP contribution is 2.38. The number of nitrogens with one attached hydrogen (secondary N) is 1. The molecule has 1 heterocycles. The van der Waals surface area contributed by atoms with Gasteiger partial charge in [0.05, 0.1) is 18.8 Å². The molecule has 6 nitrogen and oxygen atoms in total. The molecule has 0 spiro atoms. The fraction of sp³-hybridized carbons (Fsp3) is 0.324. The third-order valence-electron chi connectivity index (χ3n) is 7.82. The van der Waals surface area contributed by atoms with E-state index in [9.17, 15) is 9.90 Å². The van der Waals surface area contributed by atoms with E-state index in [2.05, 4.69) is 66.7 Å². The van der Waals surface area contributed by atoms with Crippen molar-refractivity contribution in [3.8, 4) is 0 Å². The number of likely N-dealkylation sites (N-methyl/N-ethyl adjacent to an activating group) is 1. The maximum atomic E-state index is 11.3. The standard InChI is InChI=1S/C34H38N2O4/c1-23(30-17-16-27-6-4-5-7-31(27)18-30)36(3)21-32-19-33(28-12-10-26(22-37)11-13-28)40-34(39-32)29-14-8-25(9-15-29)20-35-24(2)38/h4-18,23,32-34,37H,19-22H2,1-3H3,(H,35,38)/t23-,32-,33+,34+/m1/s1. The number of aliphatic hydroxyl groups excluding tert-OH is 1. The van der Waals surface area contributed by atoms with E-state index in [0.29, 0.717) is 6.54 Å². The number of amides is 1. The van der Waals surface area contributed by atoms with Crippen molar-refractivity contribution in [3.63, 3.8) is 0 Å². The van der Waals surface area contributed by atoms with Crippen molar-refractivity contribution in [1.29, 1.82) is 0 Å². The summed E-state index contributed by atoms with van der Waals surface area (Å²) < 4.78 is 13.1. The minimum Gasteiger partial charge on any atom is -0.392 e. The molecule has 0 aromatic heterocycles. The lowest BCUT2D eigenvalue weighted by molar-refractivity contribution is -0.253. The van der Waals surface area contributed by atoms with Crippen LogP contribution in [0.3, 0.4) is 0 Å². The first-order chi connectivity index (χ1) is 19.4. The molecule has 0 saturated carbocycles. The van der Waals surface area contributed by atoms with Crippen molar-refractivity contribution < 1.29 is 19.4 Å². The summed E-state index contributed by atoms with van der Waals surface area (Å²) in [5.41, 5.74) is 5.19. The number of rotatable bonds is 9. The van der Waals surface area contributed by atoms with Crippen molar-refractivity contribution in [2.75, 3.05) is 13.6 Å². The Morgan fingerprint density at radius 3 is 2.30 bits per heavy atom. The second-order valence-electron chi connectivity index (χ2n) is 10.7. The van der Waals surface area contributed by atoms with Gasteiger partial charge < -0.3 is 19.9 Å². The molecular formula is C34H38N2O4. The Labute approximate surface area is 236 Å². The van der Waals surface area contributed by atoms with E-state index >= 15 is 0 Å². The van der Waals surface area contributed by atoms with Gasteiger partial charge in [0.25, 0.3) is 0 Å². The molecular weight excluding hydrogens is 500 g/mol. The van der Waals surface area contributed by atoms with Gasteiger partial charge in [-0.05, 0) is 53.1 Å². The molecule has 208 valence electrons. The summed E-state index contributed by atoms with van der Waals surface area (Å²) >= 11 is 0. The van der Waals surface area contributed by atoms with E-state index in [1.807, 2.05) is 48.5 Å². The highest BCUT2D eigenvalue weighted by Gasteiger charge is 2.33. The van der Waals surface area contributed by atoms with Gasteiger partial charge in [-0.1, -0.05) is 84.9 Å². The number of hydrogen-bond acceptors (Lipinski definition) is 5. The number of fused-ring (bicyclic) bond motifs is 1. The monoisotopic (exact) mass is 538 g/mol. The van der Waals surface area contributed by atoms with Crippen LogP contribution in [0, 0.1) is 0 Å². The molecule has 0 aliphatic carbocycles. The summed E-state index contributed by atoms with van der Waals surface area (Å²) in [5, 5.41) is 14.8. The molecule has 40 heavy (non-hydrogen) atoms. The molecule has 1 fully saturated rings. The highest BCUT2D eigenvalue weighted by atomic mass is 16.7. The van der Waals surface area contributed by atoms with Gasteiger partial charge in [0.15, 0.2) is 6.29 Å². The number of aliphatic hydroxyl groups is 1. The molecule has 0 bridgehead atoms. The second kappa shape index (κ2) is 12.7. The zero-order chi connectivity index (χ0) is 28.1. The van der Waals surface area contributed by atoms with Crippen LogP contribution in [-0.4, -0.2) is 35.6 Å². The van der Waals surface area contributed by atoms with Gasteiger partial charge in [0, 0.05) is 38.0 Å². The van der Waals surface area contributed by atoms with Gasteiger partial charge in [-0.3, -0.25) is 9.69 Å². The molecule has 6 heteroatoms. The summed E-state index contributed by atoms with van der Waals surface area (Å²) in [4.78, 5) is 13.6. The average molecular weight is 539 g/mol. The number of hydrogen-bond donors (Lipinski definition) is 2. The zero-order valence-electron chi connectivity index (χ0n) is 23.4. The van der Waals surface area contributed by atoms with Gasteiger partial charge in [0.2, 0.25) is 5.91 Å². The molecule has 1 saturated heterocycles. The third kappa shape index (κ3) is 6.77. The first kappa shape index (κ1) is 28.0. The Morgan fingerprint density at radius 2 is 1.60 bits per heavy atom. The molecule has 1 amide bonds. The Balaban J connectivity index is 1.34. The third-order valence-corrected chi connectivity index (χ3v) is 7.82. The van der Waals surface area contributed by atoms with Crippen molar-refractivity contribution in [1.82, 2.24) is 10.2 Å². The molecule has 1 aliphatic rings. The summed E-state index contributed by atoms with van der Waals surface area (Å²) in [5.74, 6) is -0.0528. The smallest absolute Gasteiger partial charge is 0.217 e. The second-order valence-corrected chi connectivity index (χ2v) is 10.7. The Bertz CT molecular complexity index is 1420. The van der Waals surface area contributed by atoms with E-state index < -0.39 is 6.29 Å². The molecule has 4 aromatic rings. The first-order valence-electron chi connectivity index (χ1n) is 13.9. The average Bonchev–Trinajstić information content (AvgIpc) is 2.99. The first-order valence-corrected chi connectivity index (χ1v) is 13.9. The predicted molar refractivity (Wildman–Crippen MR) is 157 cm³/mol. The van der Waals surface area contributed by atoms with Gasteiger partial charge >= 0.3 is 0 Å². The molecule has 1 aliphatic heterocycles. The minimum atomic E-state index is -0.513. The van der Waals surface area contributed by atoms with E-state index in [1.165, 1.54) is 23.3 Å². The lowest BCUT2D eigenvalue weighted by Crippen LogP contribution is -2.38. The van der Waals surface area contributed by atoms with Crippen LogP contribution in [-0.2, 0) is 27.4 Å². The Hall–Kier alpha value is -3.55. The molecule has 5 rings (SSSR count).